The first-order chi connectivity index (χ1) is 31.7. The van der Waals surface area contributed by atoms with Crippen molar-refractivity contribution in [1.29, 1.82) is 0 Å². The number of hydroxylamine groups is 2. The molecule has 372 valence electrons. The number of amides is 2. The molecule has 2 amide bonds. The molecule has 1 saturated carbocycles. The van der Waals surface area contributed by atoms with Gasteiger partial charge in [-0.15, -0.1) is 0 Å². The number of cyclic esters (lactones) is 1. The molecule has 4 aliphatic heterocycles. The lowest BCUT2D eigenvalue weighted by molar-refractivity contribution is -0.224. The number of hydrogen-bond acceptors (Lipinski definition) is 16. The van der Waals surface area contributed by atoms with Gasteiger partial charge < -0.3 is 49.3 Å². The number of aliphatic hydroxyl groups excluding tert-OH is 2. The Hall–Kier alpha value is -4.46. The van der Waals surface area contributed by atoms with Gasteiger partial charge in [0.2, 0.25) is 17.9 Å². The van der Waals surface area contributed by atoms with E-state index in [-0.39, 0.29) is 32.4 Å². The van der Waals surface area contributed by atoms with Crippen LogP contribution in [0.4, 0.5) is 0 Å². The number of unbranched alkanes of at least 4 members (excludes halogenated alkanes) is 4. The van der Waals surface area contributed by atoms with Crippen molar-refractivity contribution < 1.29 is 72.2 Å². The van der Waals surface area contributed by atoms with Gasteiger partial charge >= 0.3 is 23.9 Å². The van der Waals surface area contributed by atoms with Crippen LogP contribution in [-0.2, 0) is 68.6 Å². The maximum atomic E-state index is 15.3. The second kappa shape index (κ2) is 21.5. The highest BCUT2D eigenvalue weighted by atomic mass is 16.8. The van der Waals surface area contributed by atoms with Crippen LogP contribution in [0.2, 0.25) is 0 Å². The zero-order valence-electron chi connectivity index (χ0n) is 40.2. The van der Waals surface area contributed by atoms with E-state index in [0.717, 1.165) is 38.5 Å². The van der Waals surface area contributed by atoms with Crippen molar-refractivity contribution in [2.75, 3.05) is 13.2 Å². The molecule has 5 aliphatic rings. The number of esters is 4. The normalized spacial score (nSPS) is 28.5. The van der Waals surface area contributed by atoms with Gasteiger partial charge in [0.05, 0.1) is 25.3 Å². The minimum Gasteiger partial charge on any atom is -0.462 e. The predicted octanol–water partition coefficient (Wildman–Crippen LogP) is 4.10. The van der Waals surface area contributed by atoms with Gasteiger partial charge in [-0.25, -0.2) is 9.59 Å². The van der Waals surface area contributed by atoms with Gasteiger partial charge in [-0.3, -0.25) is 24.0 Å². The second-order valence-electron chi connectivity index (χ2n) is 20.4. The number of benzene rings is 1. The first-order valence-electron chi connectivity index (χ1n) is 23.9. The van der Waals surface area contributed by atoms with Crippen LogP contribution in [-0.4, -0.2) is 130 Å². The molecule has 18 nitrogen and oxygen atoms in total. The lowest BCUT2D eigenvalue weighted by atomic mass is 9.62. The highest BCUT2D eigenvalue weighted by molar-refractivity contribution is 5.96. The summed E-state index contributed by atoms with van der Waals surface area (Å²) >= 11 is 0. The maximum absolute atomic E-state index is 15.3. The van der Waals surface area contributed by atoms with Crippen LogP contribution in [0.3, 0.4) is 0 Å². The number of rotatable bonds is 22. The van der Waals surface area contributed by atoms with E-state index in [1.807, 2.05) is 0 Å². The quantitative estimate of drug-likeness (QED) is 0.0555. The van der Waals surface area contributed by atoms with Gasteiger partial charge in [0.1, 0.15) is 48.1 Å². The molecule has 6 rings (SSSR count). The van der Waals surface area contributed by atoms with Gasteiger partial charge in [0.15, 0.2) is 11.8 Å². The highest BCUT2D eigenvalue weighted by Gasteiger charge is 2.76. The molecular weight excluding hydrogens is 871 g/mol. The van der Waals surface area contributed by atoms with Crippen molar-refractivity contribution in [3.63, 3.8) is 0 Å². The van der Waals surface area contributed by atoms with E-state index in [4.69, 9.17) is 33.3 Å². The molecule has 1 aromatic carbocycles. The fourth-order valence-electron chi connectivity index (χ4n) is 9.82. The summed E-state index contributed by atoms with van der Waals surface area (Å²) in [5.41, 5.74) is -2.03. The van der Waals surface area contributed by atoms with Crippen LogP contribution in [0.25, 0.3) is 6.08 Å². The minimum absolute atomic E-state index is 0.0197. The van der Waals surface area contributed by atoms with Crippen molar-refractivity contribution in [2.24, 2.45) is 10.8 Å². The van der Waals surface area contributed by atoms with E-state index in [1.165, 1.54) is 24.1 Å². The largest absolute Gasteiger partial charge is 0.462 e. The van der Waals surface area contributed by atoms with Crippen molar-refractivity contribution >= 4 is 41.8 Å². The fraction of sp³-hybridized carbons (Fsp3) is 0.714. The first kappa shape index (κ1) is 51.9. The summed E-state index contributed by atoms with van der Waals surface area (Å²) in [6, 6.07) is 3.19. The number of hydrogen-bond donors (Lipinski definition) is 4. The van der Waals surface area contributed by atoms with Gasteiger partial charge in [0, 0.05) is 37.2 Å². The number of fused-ring (bicyclic) bond motifs is 4. The minimum atomic E-state index is -1.73. The third kappa shape index (κ3) is 11.7. The number of carbonyl (C=O) groups is 6. The molecule has 67 heavy (non-hydrogen) atoms. The summed E-state index contributed by atoms with van der Waals surface area (Å²) < 4.78 is 36.0. The molecule has 18 heteroatoms. The van der Waals surface area contributed by atoms with Gasteiger partial charge in [-0.05, 0) is 64.2 Å². The van der Waals surface area contributed by atoms with Gasteiger partial charge in [-0.1, -0.05) is 77.6 Å². The third-order valence-corrected chi connectivity index (χ3v) is 13.3. The summed E-state index contributed by atoms with van der Waals surface area (Å²) in [5.74, 6) is -5.28. The summed E-state index contributed by atoms with van der Waals surface area (Å²) in [4.78, 5) is 88.3. The van der Waals surface area contributed by atoms with Crippen LogP contribution in [0, 0.1) is 10.8 Å². The summed E-state index contributed by atoms with van der Waals surface area (Å²) in [6.45, 7) is 13.7. The monoisotopic (exact) mass is 941 g/mol. The number of ether oxygens (including phenoxy) is 6. The maximum Gasteiger partial charge on any atom is 0.348 e. The van der Waals surface area contributed by atoms with Crippen LogP contribution in [0.15, 0.2) is 30.3 Å². The summed E-state index contributed by atoms with van der Waals surface area (Å²) in [7, 11) is 0. The van der Waals surface area contributed by atoms with Gasteiger partial charge in [-0.2, -0.15) is 5.06 Å². The van der Waals surface area contributed by atoms with Crippen molar-refractivity contribution in [1.82, 2.24) is 15.7 Å². The van der Waals surface area contributed by atoms with E-state index in [9.17, 15) is 34.2 Å². The molecule has 0 radical (unpaired) electrons. The molecule has 0 spiro atoms. The topological polar surface area (TPSA) is 235 Å². The first-order valence-corrected chi connectivity index (χ1v) is 23.9. The number of nitrogens with zero attached hydrogens (tertiary/aromatic N) is 1. The third-order valence-electron chi connectivity index (χ3n) is 13.3. The molecule has 5 fully saturated rings. The highest BCUT2D eigenvalue weighted by Crippen LogP contribution is 2.58. The number of nitrogens with one attached hydrogen (secondary N) is 2. The van der Waals surface area contributed by atoms with Crippen molar-refractivity contribution in [2.45, 2.75) is 199 Å². The van der Waals surface area contributed by atoms with Crippen LogP contribution in [0.5, 0.6) is 0 Å². The van der Waals surface area contributed by atoms with E-state index in [1.54, 1.807) is 58.9 Å². The molecule has 10 atom stereocenters. The number of carbonyl (C=O) groups excluding carboxylic acids is 6. The van der Waals surface area contributed by atoms with Crippen molar-refractivity contribution in [3.05, 3.63) is 41.5 Å². The summed E-state index contributed by atoms with van der Waals surface area (Å²) in [5, 5.41) is 28.0. The molecule has 0 unspecified atom stereocenters. The van der Waals surface area contributed by atoms with Gasteiger partial charge in [0.25, 0.3) is 0 Å². The Balaban J connectivity index is 1.31. The Morgan fingerprint density at radius 2 is 1.64 bits per heavy atom. The summed E-state index contributed by atoms with van der Waals surface area (Å²) in [6.07, 6.45) is 2.91. The Morgan fingerprint density at radius 3 is 2.25 bits per heavy atom. The fourth-order valence-corrected chi connectivity index (χ4v) is 9.82. The average molecular weight is 942 g/mol. The lowest BCUT2D eigenvalue weighted by Gasteiger charge is -2.49. The van der Waals surface area contributed by atoms with E-state index >= 15 is 4.79 Å². The Morgan fingerprint density at radius 1 is 0.970 bits per heavy atom. The molecule has 1 aliphatic carbocycles. The molecule has 2 bridgehead atoms. The van der Waals surface area contributed by atoms with Crippen LogP contribution >= 0.6 is 0 Å². The average Bonchev–Trinajstić information content (AvgIpc) is 3.90. The standard InChI is InChI=1S/C49H71N3O15/c1-9-11-15-23-48(24-16-12-10-2)65-37-33-25-49(45(60)51-36(29(3)54)42(57)50-32(27-53)20-22-35(56)64-46(4,5)6)39(43(58)62-33)52(67-40(49)38(37)66-48)26-31-18-14-13-17-30(31)19-21-34(55)63-41-44(59)61-28-47(41,7)8/h13-14,17-19,21,29,32-33,36-41,53-54H,9-12,15-16,20,22-28H2,1-8H3,(H,50,57)(H,51,60)/t29-,32-,33+,36+,37-,38-,39+,40+,41-,49+/m0/s1. The Bertz CT molecular complexity index is 1990. The van der Waals surface area contributed by atoms with Crippen LogP contribution in [0.1, 0.15) is 137 Å². The van der Waals surface area contributed by atoms with E-state index < -0.39 is 119 Å². The zero-order chi connectivity index (χ0) is 48.9. The smallest absolute Gasteiger partial charge is 0.348 e. The second-order valence-corrected chi connectivity index (χ2v) is 20.4. The SMILES string of the molecule is CCCCCC1(CCCCC)O[C@@H]2[C@H](O1)[C@H]1ON(Cc3ccccc3C=CC(=O)O[C@H]3C(=O)OCC3(C)C)[C@@H]3C(=O)O[C@@H]2C[C@]13C(=O)N[C@@H](C(=O)N[C@H](CO)CCC(=O)OC(C)(C)C)[C@H](C)O. The van der Waals surface area contributed by atoms with E-state index in [0.29, 0.717) is 24.0 Å². The Kier molecular flexibility index (Phi) is 16.6. The Labute approximate surface area is 393 Å². The molecule has 0 aromatic heterocycles. The molecule has 4 saturated heterocycles. The molecule has 1 aromatic rings. The van der Waals surface area contributed by atoms with E-state index in [2.05, 4.69) is 24.5 Å². The van der Waals surface area contributed by atoms with Crippen molar-refractivity contribution in [3.8, 4) is 0 Å². The molecular formula is C49H71N3O15. The molecule has 4 N–H and O–H groups in total. The lowest BCUT2D eigenvalue weighted by Crippen LogP contribution is -2.71. The molecule has 4 heterocycles. The number of aliphatic hydroxyl groups is 2. The predicted molar refractivity (Wildman–Crippen MR) is 240 cm³/mol. The van der Waals surface area contributed by atoms with Crippen LogP contribution < -0.4 is 10.6 Å². The zero-order valence-corrected chi connectivity index (χ0v) is 40.2.